The van der Waals surface area contributed by atoms with Crippen molar-refractivity contribution in [1.29, 1.82) is 0 Å². The maximum Gasteiger partial charge on any atom is 0.317 e. The molecule has 0 aliphatic carbocycles. The molecule has 0 saturated carbocycles. The third-order valence-electron chi connectivity index (χ3n) is 3.17. The fraction of sp³-hybridized carbons (Fsp3) is 0.650. The molecule has 1 aromatic rings. The molecule has 2 N–H and O–H groups in total. The molecule has 0 radical (unpaired) electrons. The second kappa shape index (κ2) is 9.76. The molecule has 1 aromatic carbocycles. The van der Waals surface area contributed by atoms with Crippen LogP contribution in [0.5, 0.6) is 11.5 Å². The minimum absolute atomic E-state index is 0.0728. The second-order valence-electron chi connectivity index (χ2n) is 8.51. The Morgan fingerprint density at radius 2 is 1.40 bits per heavy atom. The van der Waals surface area contributed by atoms with Gasteiger partial charge in [0.05, 0.1) is 5.41 Å². The van der Waals surface area contributed by atoms with Gasteiger partial charge in [0.2, 0.25) is 0 Å². The molecule has 1 rings (SSSR count). The van der Waals surface area contributed by atoms with E-state index in [2.05, 4.69) is 49.1 Å². The molecule has 0 fully saturated rings. The summed E-state index contributed by atoms with van der Waals surface area (Å²) in [6.45, 7) is 14.4. The number of ether oxygens (including phenoxy) is 2. The van der Waals surface area contributed by atoms with Crippen molar-refractivity contribution in [2.75, 3.05) is 11.5 Å². The summed E-state index contributed by atoms with van der Waals surface area (Å²) in [5.41, 5.74) is 3.84. The number of hydrogen-bond donors (Lipinski definition) is 1. The van der Waals surface area contributed by atoms with Crippen LogP contribution in [0.1, 0.15) is 54.9 Å². The highest BCUT2D eigenvalue weighted by Gasteiger charge is 2.38. The van der Waals surface area contributed by atoms with Gasteiger partial charge in [-0.2, -0.15) is 0 Å². The molecule has 5 heteroatoms. The van der Waals surface area contributed by atoms with E-state index in [4.69, 9.17) is 9.47 Å². The standard InChI is InChI=1S/C19H29IO3.CH5N/c1-17(2,3)12-19(7,13-20)16(21)22-14-8-10-15(11-9-14)23-18(4,5)6;1-2/h8-11H,12-13H2,1-7H3;2H2,1H3. The summed E-state index contributed by atoms with van der Waals surface area (Å²) in [6.07, 6.45) is 0.785. The Bertz CT molecular complexity index is 529. The molecular formula is C20H34INO3. The van der Waals surface area contributed by atoms with Crippen molar-refractivity contribution < 1.29 is 14.3 Å². The molecular weight excluding hydrogens is 429 g/mol. The van der Waals surface area contributed by atoms with Crippen LogP contribution >= 0.6 is 22.6 Å². The van der Waals surface area contributed by atoms with Crippen LogP contribution in [0.4, 0.5) is 0 Å². The summed E-state index contributed by atoms with van der Waals surface area (Å²) in [4.78, 5) is 12.6. The lowest BCUT2D eigenvalue weighted by Crippen LogP contribution is -2.37. The van der Waals surface area contributed by atoms with Crippen molar-refractivity contribution in [3.05, 3.63) is 24.3 Å². The lowest BCUT2D eigenvalue weighted by atomic mass is 9.76. The van der Waals surface area contributed by atoms with Crippen molar-refractivity contribution in [3.8, 4) is 11.5 Å². The number of benzene rings is 1. The highest BCUT2D eigenvalue weighted by molar-refractivity contribution is 14.1. The molecule has 0 aromatic heterocycles. The van der Waals surface area contributed by atoms with Gasteiger partial charge in [0.25, 0.3) is 0 Å². The van der Waals surface area contributed by atoms with Crippen molar-refractivity contribution >= 4 is 28.6 Å². The largest absolute Gasteiger partial charge is 0.488 e. The highest BCUT2D eigenvalue weighted by Crippen LogP contribution is 2.36. The topological polar surface area (TPSA) is 61.5 Å². The van der Waals surface area contributed by atoms with Gasteiger partial charge in [0, 0.05) is 4.43 Å². The number of carbonyl (C=O) groups excluding carboxylic acids is 1. The smallest absolute Gasteiger partial charge is 0.317 e. The van der Waals surface area contributed by atoms with Crippen molar-refractivity contribution in [3.63, 3.8) is 0 Å². The van der Waals surface area contributed by atoms with E-state index in [9.17, 15) is 4.79 Å². The fourth-order valence-corrected chi connectivity index (χ4v) is 3.09. The second-order valence-corrected chi connectivity index (χ2v) is 9.27. The SMILES string of the molecule is CC(C)(C)CC(C)(CI)C(=O)Oc1ccc(OC(C)(C)C)cc1.CN. The van der Waals surface area contributed by atoms with E-state index < -0.39 is 5.41 Å². The molecule has 0 aliphatic heterocycles. The quantitative estimate of drug-likeness (QED) is 0.282. The van der Waals surface area contributed by atoms with E-state index in [0.29, 0.717) is 5.75 Å². The first-order chi connectivity index (χ1) is 11.3. The van der Waals surface area contributed by atoms with Gasteiger partial charge in [-0.3, -0.25) is 4.79 Å². The van der Waals surface area contributed by atoms with Crippen LogP contribution < -0.4 is 15.2 Å². The number of rotatable bonds is 5. The molecule has 0 saturated heterocycles. The maximum atomic E-state index is 12.6. The zero-order chi connectivity index (χ0) is 19.9. The predicted octanol–water partition coefficient (Wildman–Crippen LogP) is 5.22. The van der Waals surface area contributed by atoms with Crippen LogP contribution in [0.3, 0.4) is 0 Å². The van der Waals surface area contributed by atoms with Gasteiger partial charge in [0.1, 0.15) is 17.1 Å². The zero-order valence-corrected chi connectivity index (χ0v) is 19.1. The first-order valence-electron chi connectivity index (χ1n) is 8.50. The minimum Gasteiger partial charge on any atom is -0.488 e. The van der Waals surface area contributed by atoms with Crippen molar-refractivity contribution in [2.24, 2.45) is 16.6 Å². The molecule has 25 heavy (non-hydrogen) atoms. The molecule has 0 spiro atoms. The molecule has 1 atom stereocenters. The van der Waals surface area contributed by atoms with E-state index in [1.54, 1.807) is 12.1 Å². The van der Waals surface area contributed by atoms with Crippen LogP contribution in [0.15, 0.2) is 24.3 Å². The normalized spacial score (nSPS) is 14.0. The van der Waals surface area contributed by atoms with Gasteiger partial charge >= 0.3 is 5.97 Å². The average Bonchev–Trinajstić information content (AvgIpc) is 2.48. The van der Waals surface area contributed by atoms with E-state index in [-0.39, 0.29) is 17.0 Å². The third-order valence-corrected chi connectivity index (χ3v) is 4.85. The summed E-state index contributed by atoms with van der Waals surface area (Å²) in [5.74, 6) is 1.15. The number of hydrogen-bond acceptors (Lipinski definition) is 4. The number of esters is 1. The van der Waals surface area contributed by atoms with Crippen molar-refractivity contribution in [1.82, 2.24) is 0 Å². The highest BCUT2D eigenvalue weighted by atomic mass is 127. The average molecular weight is 463 g/mol. The molecule has 1 unspecified atom stereocenters. The number of carbonyl (C=O) groups is 1. The predicted molar refractivity (Wildman–Crippen MR) is 114 cm³/mol. The van der Waals surface area contributed by atoms with Crippen LogP contribution in [0.2, 0.25) is 0 Å². The van der Waals surface area contributed by atoms with Crippen LogP contribution in [0.25, 0.3) is 0 Å². The van der Waals surface area contributed by atoms with Crippen molar-refractivity contribution in [2.45, 2.75) is 60.5 Å². The summed E-state index contributed by atoms with van der Waals surface area (Å²) >= 11 is 2.26. The zero-order valence-electron chi connectivity index (χ0n) is 16.9. The Labute approximate surface area is 167 Å². The van der Waals surface area contributed by atoms with Crippen LogP contribution in [0, 0.1) is 10.8 Å². The molecule has 0 amide bonds. The van der Waals surface area contributed by atoms with Crippen LogP contribution in [-0.2, 0) is 4.79 Å². The first-order valence-corrected chi connectivity index (χ1v) is 10.0. The monoisotopic (exact) mass is 463 g/mol. The molecule has 0 aliphatic rings. The van der Waals surface area contributed by atoms with Crippen LogP contribution in [-0.4, -0.2) is 23.0 Å². The summed E-state index contributed by atoms with van der Waals surface area (Å²) in [7, 11) is 1.50. The summed E-state index contributed by atoms with van der Waals surface area (Å²) < 4.78 is 12.1. The van der Waals surface area contributed by atoms with Gasteiger partial charge in [-0.05, 0) is 70.8 Å². The Morgan fingerprint density at radius 1 is 0.960 bits per heavy atom. The maximum absolute atomic E-state index is 12.6. The lowest BCUT2D eigenvalue weighted by Gasteiger charge is -2.32. The molecule has 4 nitrogen and oxygen atoms in total. The molecule has 0 bridgehead atoms. The van der Waals surface area contributed by atoms with Gasteiger partial charge in [-0.25, -0.2) is 0 Å². The fourth-order valence-electron chi connectivity index (χ4n) is 2.50. The number of alkyl halides is 1. The van der Waals surface area contributed by atoms with E-state index in [1.165, 1.54) is 7.05 Å². The minimum atomic E-state index is -0.487. The Balaban J connectivity index is 0.00000277. The number of nitrogens with two attached hydrogens (primary N) is 1. The Morgan fingerprint density at radius 3 is 1.76 bits per heavy atom. The lowest BCUT2D eigenvalue weighted by molar-refractivity contribution is -0.145. The van der Waals surface area contributed by atoms with E-state index >= 15 is 0 Å². The van der Waals surface area contributed by atoms with Gasteiger partial charge in [-0.1, -0.05) is 43.4 Å². The molecule has 144 valence electrons. The molecule has 0 heterocycles. The van der Waals surface area contributed by atoms with Gasteiger partial charge in [-0.15, -0.1) is 0 Å². The van der Waals surface area contributed by atoms with Gasteiger partial charge < -0.3 is 15.2 Å². The third kappa shape index (κ3) is 9.45. The summed E-state index contributed by atoms with van der Waals surface area (Å²) in [6, 6.07) is 7.23. The first kappa shape index (κ1) is 24.2. The Hall–Kier alpha value is -0.820. The van der Waals surface area contributed by atoms with E-state index in [1.807, 2.05) is 39.8 Å². The van der Waals surface area contributed by atoms with Gasteiger partial charge in [0.15, 0.2) is 0 Å². The number of halogens is 1. The summed E-state index contributed by atoms with van der Waals surface area (Å²) in [5, 5.41) is 0. The van der Waals surface area contributed by atoms with E-state index in [0.717, 1.165) is 16.6 Å². The Kier molecular flexibility index (Phi) is 9.44.